The van der Waals surface area contributed by atoms with E-state index in [9.17, 15) is 4.79 Å². The predicted molar refractivity (Wildman–Crippen MR) is 84.9 cm³/mol. The number of hydrogen-bond acceptors (Lipinski definition) is 4. The van der Waals surface area contributed by atoms with Crippen LogP contribution in [-0.4, -0.2) is 24.0 Å². The molecule has 0 aliphatic rings. The molecule has 2 rings (SSSR count). The van der Waals surface area contributed by atoms with Crippen LogP contribution in [0.25, 0.3) is 0 Å². The monoisotopic (exact) mass is 304 g/mol. The lowest BCUT2D eigenvalue weighted by molar-refractivity contribution is -0.121. The molecule has 0 saturated carbocycles. The molecule has 0 spiro atoms. The molecule has 1 aromatic carbocycles. The topological polar surface area (TPSA) is 51.2 Å². The molecular weight excluding hydrogens is 284 g/mol. The van der Waals surface area contributed by atoms with Gasteiger partial charge in [0.05, 0.1) is 23.7 Å². The molecule has 0 aliphatic carbocycles. The predicted octanol–water partition coefficient (Wildman–Crippen LogP) is 2.89. The minimum absolute atomic E-state index is 0.0184. The van der Waals surface area contributed by atoms with Gasteiger partial charge in [0.25, 0.3) is 0 Å². The third-order valence-electron chi connectivity index (χ3n) is 3.01. The van der Waals surface area contributed by atoms with E-state index >= 15 is 0 Å². The van der Waals surface area contributed by atoms with Crippen LogP contribution in [0.2, 0.25) is 0 Å². The summed E-state index contributed by atoms with van der Waals surface area (Å²) >= 11 is 1.69. The lowest BCUT2D eigenvalue weighted by Crippen LogP contribution is -2.27. The van der Waals surface area contributed by atoms with Crippen LogP contribution in [0.3, 0.4) is 0 Å². The maximum Gasteiger partial charge on any atom is 0.223 e. The molecule has 0 bridgehead atoms. The van der Waals surface area contributed by atoms with E-state index in [0.717, 1.165) is 22.9 Å². The number of nitrogens with zero attached hydrogens (tertiary/aromatic N) is 1. The van der Waals surface area contributed by atoms with E-state index in [0.29, 0.717) is 19.6 Å². The average molecular weight is 304 g/mol. The molecule has 0 unspecified atom stereocenters. The Kier molecular flexibility index (Phi) is 5.75. The number of nitrogens with one attached hydrogen (secondary N) is 1. The Hall–Kier alpha value is -1.88. The molecule has 5 heteroatoms. The van der Waals surface area contributed by atoms with Crippen molar-refractivity contribution in [2.45, 2.75) is 26.7 Å². The molecule has 1 N–H and O–H groups in total. The molecular formula is C16H20N2O2S. The SMILES string of the molecule is Cc1nc(C)c(CCNC(=O)CCOc2ccccc2)s1. The fourth-order valence-corrected chi connectivity index (χ4v) is 2.92. The highest BCUT2D eigenvalue weighted by Gasteiger charge is 2.06. The summed E-state index contributed by atoms with van der Waals surface area (Å²) in [5.74, 6) is 0.811. The van der Waals surface area contributed by atoms with E-state index in [4.69, 9.17) is 4.74 Å². The van der Waals surface area contributed by atoms with Gasteiger partial charge < -0.3 is 10.1 Å². The van der Waals surface area contributed by atoms with Gasteiger partial charge in [0, 0.05) is 17.8 Å². The second-order valence-electron chi connectivity index (χ2n) is 4.75. The molecule has 112 valence electrons. The quantitative estimate of drug-likeness (QED) is 0.855. The van der Waals surface area contributed by atoms with E-state index < -0.39 is 0 Å². The smallest absolute Gasteiger partial charge is 0.223 e. The van der Waals surface area contributed by atoms with Crippen molar-refractivity contribution in [1.29, 1.82) is 0 Å². The number of thiazole rings is 1. The first-order chi connectivity index (χ1) is 10.1. The number of ether oxygens (including phenoxy) is 1. The standard InChI is InChI=1S/C16H20N2O2S/c1-12-15(21-13(2)18-12)8-10-17-16(19)9-11-20-14-6-4-3-5-7-14/h3-7H,8-11H2,1-2H3,(H,17,19). The lowest BCUT2D eigenvalue weighted by Gasteiger charge is -2.07. The molecule has 1 amide bonds. The Balaban J connectivity index is 1.63. The summed E-state index contributed by atoms with van der Waals surface area (Å²) in [7, 11) is 0. The van der Waals surface area contributed by atoms with Crippen LogP contribution in [0.4, 0.5) is 0 Å². The van der Waals surface area contributed by atoms with E-state index in [1.165, 1.54) is 4.88 Å². The van der Waals surface area contributed by atoms with Gasteiger partial charge in [-0.05, 0) is 26.0 Å². The second-order valence-corrected chi connectivity index (χ2v) is 6.04. The first-order valence-electron chi connectivity index (χ1n) is 7.02. The first-order valence-corrected chi connectivity index (χ1v) is 7.84. The van der Waals surface area contributed by atoms with Crippen molar-refractivity contribution >= 4 is 17.2 Å². The van der Waals surface area contributed by atoms with E-state index in [1.54, 1.807) is 11.3 Å². The van der Waals surface area contributed by atoms with Crippen LogP contribution < -0.4 is 10.1 Å². The molecule has 0 radical (unpaired) electrons. The Bertz CT molecular complexity index is 581. The summed E-state index contributed by atoms with van der Waals surface area (Å²) in [5, 5.41) is 3.99. The summed E-state index contributed by atoms with van der Waals surface area (Å²) in [5.41, 5.74) is 1.07. The van der Waals surface area contributed by atoms with Crippen LogP contribution in [0.1, 0.15) is 22.0 Å². The number of carbonyl (C=O) groups is 1. The minimum atomic E-state index is 0.0184. The molecule has 21 heavy (non-hydrogen) atoms. The van der Waals surface area contributed by atoms with Crippen molar-refractivity contribution in [2.24, 2.45) is 0 Å². The second kappa shape index (κ2) is 7.78. The Morgan fingerprint density at radius 1 is 1.29 bits per heavy atom. The van der Waals surface area contributed by atoms with Crippen molar-refractivity contribution in [3.63, 3.8) is 0 Å². The highest BCUT2D eigenvalue weighted by atomic mass is 32.1. The Morgan fingerprint density at radius 2 is 2.05 bits per heavy atom. The zero-order valence-corrected chi connectivity index (χ0v) is 13.2. The van der Waals surface area contributed by atoms with Gasteiger partial charge >= 0.3 is 0 Å². The first kappa shape index (κ1) is 15.5. The molecule has 0 atom stereocenters. The maximum absolute atomic E-state index is 11.7. The van der Waals surface area contributed by atoms with Gasteiger partial charge in [-0.3, -0.25) is 4.79 Å². The van der Waals surface area contributed by atoms with Gasteiger partial charge in [0.2, 0.25) is 5.91 Å². The number of benzene rings is 1. The summed E-state index contributed by atoms with van der Waals surface area (Å²) in [6.45, 7) is 5.05. The van der Waals surface area contributed by atoms with E-state index in [1.807, 2.05) is 44.2 Å². The van der Waals surface area contributed by atoms with Crippen LogP contribution in [0.15, 0.2) is 30.3 Å². The molecule has 2 aromatic rings. The molecule has 4 nitrogen and oxygen atoms in total. The zero-order chi connectivity index (χ0) is 15.1. The fourth-order valence-electron chi connectivity index (χ4n) is 1.99. The van der Waals surface area contributed by atoms with Gasteiger partial charge in [-0.15, -0.1) is 11.3 Å². The normalized spacial score (nSPS) is 10.4. The van der Waals surface area contributed by atoms with Crippen LogP contribution in [-0.2, 0) is 11.2 Å². The van der Waals surface area contributed by atoms with Crippen molar-refractivity contribution in [3.8, 4) is 5.75 Å². The molecule has 0 aliphatic heterocycles. The number of aromatic nitrogens is 1. The van der Waals surface area contributed by atoms with Gasteiger partial charge in [0.15, 0.2) is 0 Å². The van der Waals surface area contributed by atoms with E-state index in [2.05, 4.69) is 10.3 Å². The number of aryl methyl sites for hydroxylation is 2. The van der Waals surface area contributed by atoms with Crippen molar-refractivity contribution < 1.29 is 9.53 Å². The maximum atomic E-state index is 11.7. The van der Waals surface area contributed by atoms with Gasteiger partial charge in [-0.2, -0.15) is 0 Å². The number of rotatable bonds is 7. The average Bonchev–Trinajstić information content (AvgIpc) is 2.78. The Morgan fingerprint density at radius 3 is 2.71 bits per heavy atom. The molecule has 1 heterocycles. The Labute approximate surface area is 129 Å². The largest absolute Gasteiger partial charge is 0.493 e. The van der Waals surface area contributed by atoms with Crippen LogP contribution in [0.5, 0.6) is 5.75 Å². The zero-order valence-electron chi connectivity index (χ0n) is 12.4. The summed E-state index contributed by atoms with van der Waals surface area (Å²) in [6, 6.07) is 9.52. The number of carbonyl (C=O) groups excluding carboxylic acids is 1. The fraction of sp³-hybridized carbons (Fsp3) is 0.375. The third kappa shape index (κ3) is 5.19. The third-order valence-corrected chi connectivity index (χ3v) is 4.15. The number of amides is 1. The van der Waals surface area contributed by atoms with Gasteiger partial charge in [0.1, 0.15) is 5.75 Å². The summed E-state index contributed by atoms with van der Waals surface area (Å²) in [4.78, 5) is 17.3. The molecule has 0 saturated heterocycles. The summed E-state index contributed by atoms with van der Waals surface area (Å²) in [6.07, 6.45) is 1.21. The molecule has 0 fully saturated rings. The van der Waals surface area contributed by atoms with Gasteiger partial charge in [-0.1, -0.05) is 18.2 Å². The van der Waals surface area contributed by atoms with E-state index in [-0.39, 0.29) is 5.91 Å². The summed E-state index contributed by atoms with van der Waals surface area (Å²) < 4.78 is 5.49. The molecule has 1 aromatic heterocycles. The minimum Gasteiger partial charge on any atom is -0.493 e. The lowest BCUT2D eigenvalue weighted by atomic mass is 10.3. The number of hydrogen-bond donors (Lipinski definition) is 1. The number of para-hydroxylation sites is 1. The highest BCUT2D eigenvalue weighted by Crippen LogP contribution is 2.17. The van der Waals surface area contributed by atoms with Crippen molar-refractivity contribution in [3.05, 3.63) is 45.9 Å². The van der Waals surface area contributed by atoms with Gasteiger partial charge in [-0.25, -0.2) is 4.98 Å². The highest BCUT2D eigenvalue weighted by molar-refractivity contribution is 7.11. The van der Waals surface area contributed by atoms with Crippen LogP contribution in [0, 0.1) is 13.8 Å². The van der Waals surface area contributed by atoms with Crippen molar-refractivity contribution in [2.75, 3.05) is 13.2 Å². The van der Waals surface area contributed by atoms with Crippen molar-refractivity contribution in [1.82, 2.24) is 10.3 Å². The van der Waals surface area contributed by atoms with Crippen LogP contribution >= 0.6 is 11.3 Å².